The van der Waals surface area contributed by atoms with Crippen molar-refractivity contribution in [2.45, 2.75) is 25.4 Å². The molecule has 0 bridgehead atoms. The fourth-order valence-corrected chi connectivity index (χ4v) is 1.75. The van der Waals surface area contributed by atoms with Gasteiger partial charge in [0.2, 0.25) is 0 Å². The van der Waals surface area contributed by atoms with E-state index in [1.165, 1.54) is 12.8 Å². The number of benzene rings is 1. The molecule has 0 spiro atoms. The van der Waals surface area contributed by atoms with Gasteiger partial charge in [-0.05, 0) is 25.0 Å². The molecule has 82 valence electrons. The van der Waals surface area contributed by atoms with Crippen LogP contribution in [0.5, 0.6) is 0 Å². The van der Waals surface area contributed by atoms with Crippen LogP contribution in [0.3, 0.4) is 0 Å². The fraction of sp³-hybridized carbons (Fsp3) is 0.333. The van der Waals surface area contributed by atoms with Gasteiger partial charge in [0.25, 0.3) is 5.56 Å². The summed E-state index contributed by atoms with van der Waals surface area (Å²) in [7, 11) is 0. The minimum absolute atomic E-state index is 0.0572. The van der Waals surface area contributed by atoms with E-state index in [4.69, 9.17) is 0 Å². The highest BCUT2D eigenvalue weighted by Crippen LogP contribution is 2.18. The van der Waals surface area contributed by atoms with Gasteiger partial charge in [-0.25, -0.2) is 4.98 Å². The quantitative estimate of drug-likeness (QED) is 0.808. The van der Waals surface area contributed by atoms with Gasteiger partial charge in [-0.1, -0.05) is 12.1 Å². The Morgan fingerprint density at radius 1 is 1.38 bits per heavy atom. The van der Waals surface area contributed by atoms with Crippen molar-refractivity contribution < 1.29 is 0 Å². The van der Waals surface area contributed by atoms with Crippen molar-refractivity contribution in [1.29, 1.82) is 0 Å². The van der Waals surface area contributed by atoms with Crippen molar-refractivity contribution in [1.82, 2.24) is 15.3 Å². The summed E-state index contributed by atoms with van der Waals surface area (Å²) >= 11 is 0. The SMILES string of the molecule is O=c1[nH]c(CNC2CC2)nc2ccccc12. The van der Waals surface area contributed by atoms with Crippen LogP contribution in [-0.4, -0.2) is 16.0 Å². The molecule has 0 radical (unpaired) electrons. The van der Waals surface area contributed by atoms with Crippen LogP contribution in [-0.2, 0) is 6.54 Å². The third kappa shape index (κ3) is 1.84. The number of hydrogen-bond acceptors (Lipinski definition) is 3. The van der Waals surface area contributed by atoms with Crippen LogP contribution in [0.1, 0.15) is 18.7 Å². The van der Waals surface area contributed by atoms with E-state index in [0.29, 0.717) is 18.0 Å². The van der Waals surface area contributed by atoms with Crippen LogP contribution in [0.4, 0.5) is 0 Å². The lowest BCUT2D eigenvalue weighted by Gasteiger charge is -2.03. The van der Waals surface area contributed by atoms with Crippen LogP contribution in [0.25, 0.3) is 10.9 Å². The molecular weight excluding hydrogens is 202 g/mol. The minimum Gasteiger partial charge on any atom is -0.309 e. The molecule has 1 fully saturated rings. The fourth-order valence-electron chi connectivity index (χ4n) is 1.75. The third-order valence-corrected chi connectivity index (χ3v) is 2.80. The number of nitrogens with one attached hydrogen (secondary N) is 2. The summed E-state index contributed by atoms with van der Waals surface area (Å²) in [6, 6.07) is 8.02. The first-order valence-corrected chi connectivity index (χ1v) is 5.54. The first-order valence-electron chi connectivity index (χ1n) is 5.54. The molecular formula is C12H13N3O. The Balaban J connectivity index is 1.96. The molecule has 4 nitrogen and oxygen atoms in total. The molecule has 1 saturated carbocycles. The monoisotopic (exact) mass is 215 g/mol. The van der Waals surface area contributed by atoms with E-state index in [1.807, 2.05) is 18.2 Å². The van der Waals surface area contributed by atoms with E-state index in [0.717, 1.165) is 11.3 Å². The predicted octanol–water partition coefficient (Wildman–Crippen LogP) is 1.18. The van der Waals surface area contributed by atoms with Crippen molar-refractivity contribution in [3.05, 3.63) is 40.4 Å². The molecule has 3 rings (SSSR count). The lowest BCUT2D eigenvalue weighted by Crippen LogP contribution is -2.20. The molecule has 1 aliphatic carbocycles. The number of H-pyrrole nitrogens is 1. The van der Waals surface area contributed by atoms with Gasteiger partial charge in [-0.3, -0.25) is 4.79 Å². The van der Waals surface area contributed by atoms with E-state index < -0.39 is 0 Å². The van der Waals surface area contributed by atoms with Gasteiger partial charge >= 0.3 is 0 Å². The zero-order chi connectivity index (χ0) is 11.0. The van der Waals surface area contributed by atoms with Gasteiger partial charge in [-0.15, -0.1) is 0 Å². The molecule has 1 heterocycles. The van der Waals surface area contributed by atoms with Gasteiger partial charge in [0.1, 0.15) is 5.82 Å². The van der Waals surface area contributed by atoms with Crippen molar-refractivity contribution >= 4 is 10.9 Å². The maximum Gasteiger partial charge on any atom is 0.258 e. The second-order valence-electron chi connectivity index (χ2n) is 4.18. The highest BCUT2D eigenvalue weighted by atomic mass is 16.1. The molecule has 0 saturated heterocycles. The van der Waals surface area contributed by atoms with Crippen molar-refractivity contribution in [3.63, 3.8) is 0 Å². The van der Waals surface area contributed by atoms with Gasteiger partial charge in [-0.2, -0.15) is 0 Å². The molecule has 16 heavy (non-hydrogen) atoms. The standard InChI is InChI=1S/C12H13N3O/c16-12-9-3-1-2-4-10(9)14-11(15-12)7-13-8-5-6-8/h1-4,8,13H,5-7H2,(H,14,15,16). The Labute approximate surface area is 92.7 Å². The first-order chi connectivity index (χ1) is 7.83. The Hall–Kier alpha value is -1.68. The molecule has 0 unspecified atom stereocenters. The first kappa shape index (κ1) is 9.54. The van der Waals surface area contributed by atoms with Crippen molar-refractivity contribution in [3.8, 4) is 0 Å². The second-order valence-corrected chi connectivity index (χ2v) is 4.18. The molecule has 0 amide bonds. The second kappa shape index (κ2) is 3.72. The predicted molar refractivity (Wildman–Crippen MR) is 62.2 cm³/mol. The summed E-state index contributed by atoms with van der Waals surface area (Å²) in [5.41, 5.74) is 0.706. The Bertz CT molecular complexity index is 572. The number of para-hydroxylation sites is 1. The van der Waals surface area contributed by atoms with Crippen LogP contribution in [0, 0.1) is 0 Å². The normalized spacial score (nSPS) is 15.5. The van der Waals surface area contributed by atoms with Crippen molar-refractivity contribution in [2.75, 3.05) is 0 Å². The van der Waals surface area contributed by atoms with E-state index in [1.54, 1.807) is 6.07 Å². The van der Waals surface area contributed by atoms with E-state index in [-0.39, 0.29) is 5.56 Å². The van der Waals surface area contributed by atoms with Crippen LogP contribution in [0.2, 0.25) is 0 Å². The highest BCUT2D eigenvalue weighted by Gasteiger charge is 2.20. The number of rotatable bonds is 3. The van der Waals surface area contributed by atoms with Crippen LogP contribution in [0.15, 0.2) is 29.1 Å². The maximum absolute atomic E-state index is 11.7. The van der Waals surface area contributed by atoms with Crippen molar-refractivity contribution in [2.24, 2.45) is 0 Å². The molecule has 1 aromatic heterocycles. The molecule has 4 heteroatoms. The highest BCUT2D eigenvalue weighted by molar-refractivity contribution is 5.77. The third-order valence-electron chi connectivity index (χ3n) is 2.80. The zero-order valence-electron chi connectivity index (χ0n) is 8.86. The van der Waals surface area contributed by atoms with E-state index in [2.05, 4.69) is 15.3 Å². The van der Waals surface area contributed by atoms with Gasteiger partial charge in [0.15, 0.2) is 0 Å². The zero-order valence-corrected chi connectivity index (χ0v) is 8.86. The lowest BCUT2D eigenvalue weighted by atomic mass is 10.2. The lowest BCUT2D eigenvalue weighted by molar-refractivity contribution is 0.658. The smallest absolute Gasteiger partial charge is 0.258 e. The summed E-state index contributed by atoms with van der Waals surface area (Å²) in [6.07, 6.45) is 2.47. The maximum atomic E-state index is 11.7. The molecule has 0 aliphatic heterocycles. The number of fused-ring (bicyclic) bond motifs is 1. The topological polar surface area (TPSA) is 57.8 Å². The average Bonchev–Trinajstić information content (AvgIpc) is 3.10. The van der Waals surface area contributed by atoms with Crippen LogP contribution >= 0.6 is 0 Å². The van der Waals surface area contributed by atoms with E-state index in [9.17, 15) is 4.79 Å². The molecule has 1 aliphatic rings. The number of aromatic nitrogens is 2. The Morgan fingerprint density at radius 2 is 2.19 bits per heavy atom. The summed E-state index contributed by atoms with van der Waals surface area (Å²) in [5, 5.41) is 3.98. The summed E-state index contributed by atoms with van der Waals surface area (Å²) in [4.78, 5) is 19.0. The minimum atomic E-state index is -0.0572. The Kier molecular flexibility index (Phi) is 2.22. The number of nitrogens with zero attached hydrogens (tertiary/aromatic N) is 1. The van der Waals surface area contributed by atoms with Crippen LogP contribution < -0.4 is 10.9 Å². The molecule has 2 aromatic rings. The summed E-state index contributed by atoms with van der Waals surface area (Å²) < 4.78 is 0. The largest absolute Gasteiger partial charge is 0.309 e. The molecule has 1 aromatic carbocycles. The summed E-state index contributed by atoms with van der Waals surface area (Å²) in [5.74, 6) is 0.718. The summed E-state index contributed by atoms with van der Waals surface area (Å²) in [6.45, 7) is 0.644. The van der Waals surface area contributed by atoms with Gasteiger partial charge < -0.3 is 10.3 Å². The Morgan fingerprint density at radius 3 is 3.00 bits per heavy atom. The number of aromatic amines is 1. The average molecular weight is 215 g/mol. The molecule has 0 atom stereocenters. The number of hydrogen-bond donors (Lipinski definition) is 2. The molecule has 2 N–H and O–H groups in total. The van der Waals surface area contributed by atoms with Gasteiger partial charge in [0, 0.05) is 6.04 Å². The van der Waals surface area contributed by atoms with Gasteiger partial charge in [0.05, 0.1) is 17.4 Å². The van der Waals surface area contributed by atoms with E-state index >= 15 is 0 Å².